The van der Waals surface area contributed by atoms with Crippen molar-refractivity contribution in [1.82, 2.24) is 4.90 Å². The van der Waals surface area contributed by atoms with Gasteiger partial charge in [-0.25, -0.2) is 0 Å². The predicted molar refractivity (Wildman–Crippen MR) is 67.6 cm³/mol. The van der Waals surface area contributed by atoms with Crippen LogP contribution in [0.1, 0.15) is 12.0 Å². The molecule has 1 aromatic carbocycles. The van der Waals surface area contributed by atoms with E-state index in [-0.39, 0.29) is 31.0 Å². The van der Waals surface area contributed by atoms with E-state index in [1.165, 1.54) is 17.0 Å². The minimum absolute atomic E-state index is 0.0409. The maximum Gasteiger partial charge on any atom is 0.325 e. The third-order valence-electron chi connectivity index (χ3n) is 3.37. The van der Waals surface area contributed by atoms with Gasteiger partial charge in [-0.1, -0.05) is 12.1 Å². The number of rotatable bonds is 3. The lowest BCUT2D eigenvalue weighted by atomic mass is 10.0. The number of amides is 1. The van der Waals surface area contributed by atoms with Gasteiger partial charge in [0.2, 0.25) is 5.91 Å². The van der Waals surface area contributed by atoms with Crippen molar-refractivity contribution in [3.8, 4) is 5.75 Å². The van der Waals surface area contributed by atoms with E-state index < -0.39 is 11.5 Å². The number of nitrogens with two attached hydrogens (primary N) is 1. The van der Waals surface area contributed by atoms with Crippen LogP contribution >= 0.6 is 0 Å². The molecule has 6 nitrogen and oxygen atoms in total. The summed E-state index contributed by atoms with van der Waals surface area (Å²) in [5.74, 6) is -1.09. The Morgan fingerprint density at radius 3 is 2.47 bits per heavy atom. The Morgan fingerprint density at radius 1 is 1.32 bits per heavy atom. The van der Waals surface area contributed by atoms with E-state index in [1.54, 1.807) is 12.1 Å². The van der Waals surface area contributed by atoms with E-state index in [0.717, 1.165) is 5.56 Å². The number of carbonyl (C=O) groups is 2. The molecule has 1 aromatic rings. The summed E-state index contributed by atoms with van der Waals surface area (Å²) in [5.41, 5.74) is 5.16. The van der Waals surface area contributed by atoms with Gasteiger partial charge in [-0.2, -0.15) is 0 Å². The molecule has 0 aliphatic carbocycles. The van der Waals surface area contributed by atoms with Gasteiger partial charge in [0.05, 0.1) is 6.42 Å². The van der Waals surface area contributed by atoms with Crippen LogP contribution < -0.4 is 5.73 Å². The van der Waals surface area contributed by atoms with Crippen LogP contribution in [0.25, 0.3) is 0 Å². The Morgan fingerprint density at radius 2 is 1.95 bits per heavy atom. The summed E-state index contributed by atoms with van der Waals surface area (Å²) in [6.07, 6.45) is 0.444. The van der Waals surface area contributed by atoms with E-state index >= 15 is 0 Å². The molecule has 1 aliphatic heterocycles. The van der Waals surface area contributed by atoms with Crippen LogP contribution in [0.3, 0.4) is 0 Å². The first kappa shape index (κ1) is 13.4. The third kappa shape index (κ3) is 2.85. The maximum absolute atomic E-state index is 12.0. The fourth-order valence-corrected chi connectivity index (χ4v) is 2.12. The second-order valence-electron chi connectivity index (χ2n) is 4.87. The Labute approximate surface area is 110 Å². The van der Waals surface area contributed by atoms with Gasteiger partial charge in [0.25, 0.3) is 0 Å². The van der Waals surface area contributed by atoms with Crippen molar-refractivity contribution in [2.75, 3.05) is 13.1 Å². The number of hydrogen-bond acceptors (Lipinski definition) is 4. The number of aromatic hydroxyl groups is 1. The number of phenolic OH excluding ortho intramolecular Hbond substituents is 1. The summed E-state index contributed by atoms with van der Waals surface area (Å²) in [7, 11) is 0. The smallest absolute Gasteiger partial charge is 0.325 e. The van der Waals surface area contributed by atoms with Crippen LogP contribution in [0.5, 0.6) is 5.75 Å². The van der Waals surface area contributed by atoms with Gasteiger partial charge in [-0.3, -0.25) is 9.59 Å². The Bertz CT molecular complexity index is 500. The molecule has 1 aliphatic rings. The van der Waals surface area contributed by atoms with Gasteiger partial charge in [0, 0.05) is 13.1 Å². The molecule has 1 heterocycles. The molecule has 0 radical (unpaired) electrons. The minimum atomic E-state index is -1.33. The quantitative estimate of drug-likeness (QED) is 0.710. The highest BCUT2D eigenvalue weighted by Gasteiger charge is 2.42. The lowest BCUT2D eigenvalue weighted by Gasteiger charge is -2.20. The number of likely N-dealkylation sites (tertiary alicyclic amines) is 1. The van der Waals surface area contributed by atoms with Crippen LogP contribution in [-0.4, -0.2) is 45.6 Å². The maximum atomic E-state index is 12.0. The number of carbonyl (C=O) groups excluding carboxylic acids is 1. The van der Waals surface area contributed by atoms with Gasteiger partial charge in [-0.05, 0) is 24.1 Å². The molecule has 0 saturated carbocycles. The summed E-state index contributed by atoms with van der Waals surface area (Å²) in [6.45, 7) is 0.402. The monoisotopic (exact) mass is 264 g/mol. The van der Waals surface area contributed by atoms with Crippen molar-refractivity contribution in [3.63, 3.8) is 0 Å². The summed E-state index contributed by atoms with van der Waals surface area (Å²) in [6, 6.07) is 6.35. The molecule has 0 spiro atoms. The number of carboxylic acids is 1. The van der Waals surface area contributed by atoms with Gasteiger partial charge in [0.1, 0.15) is 11.3 Å². The molecule has 1 atom stereocenters. The minimum Gasteiger partial charge on any atom is -0.508 e. The van der Waals surface area contributed by atoms with Crippen molar-refractivity contribution in [3.05, 3.63) is 29.8 Å². The number of hydrogen-bond donors (Lipinski definition) is 3. The van der Waals surface area contributed by atoms with E-state index in [0.29, 0.717) is 6.54 Å². The highest BCUT2D eigenvalue weighted by Crippen LogP contribution is 2.20. The van der Waals surface area contributed by atoms with E-state index in [4.69, 9.17) is 15.9 Å². The highest BCUT2D eigenvalue weighted by atomic mass is 16.4. The average molecular weight is 264 g/mol. The molecule has 19 heavy (non-hydrogen) atoms. The fourth-order valence-electron chi connectivity index (χ4n) is 2.12. The van der Waals surface area contributed by atoms with Crippen molar-refractivity contribution in [2.24, 2.45) is 5.73 Å². The second kappa shape index (κ2) is 4.89. The molecular formula is C13H16N2O4. The van der Waals surface area contributed by atoms with Crippen molar-refractivity contribution < 1.29 is 19.8 Å². The lowest BCUT2D eigenvalue weighted by Crippen LogP contribution is -2.50. The molecule has 1 amide bonds. The third-order valence-corrected chi connectivity index (χ3v) is 3.37. The van der Waals surface area contributed by atoms with Crippen LogP contribution in [-0.2, 0) is 16.0 Å². The second-order valence-corrected chi connectivity index (χ2v) is 4.87. The molecule has 4 N–H and O–H groups in total. The normalized spacial score (nSPS) is 22.5. The zero-order valence-corrected chi connectivity index (χ0v) is 10.4. The number of benzene rings is 1. The molecule has 0 bridgehead atoms. The van der Waals surface area contributed by atoms with Crippen molar-refractivity contribution in [1.29, 1.82) is 0 Å². The molecule has 0 aromatic heterocycles. The first-order chi connectivity index (χ1) is 8.90. The molecule has 6 heteroatoms. The van der Waals surface area contributed by atoms with Crippen LogP contribution in [0.15, 0.2) is 24.3 Å². The summed E-state index contributed by atoms with van der Waals surface area (Å²) >= 11 is 0. The Hall–Kier alpha value is -2.08. The zero-order valence-electron chi connectivity index (χ0n) is 10.4. The Balaban J connectivity index is 1.98. The number of nitrogens with zero attached hydrogens (tertiary/aromatic N) is 1. The Kier molecular flexibility index (Phi) is 3.44. The van der Waals surface area contributed by atoms with Gasteiger partial charge < -0.3 is 20.8 Å². The van der Waals surface area contributed by atoms with Crippen LogP contribution in [0.2, 0.25) is 0 Å². The molecule has 1 saturated heterocycles. The van der Waals surface area contributed by atoms with Gasteiger partial charge in [-0.15, -0.1) is 0 Å². The molecule has 102 valence electrons. The van der Waals surface area contributed by atoms with E-state index in [9.17, 15) is 9.59 Å². The van der Waals surface area contributed by atoms with Crippen LogP contribution in [0, 0.1) is 0 Å². The first-order valence-electron chi connectivity index (χ1n) is 5.99. The molecule has 2 rings (SSSR count). The highest BCUT2D eigenvalue weighted by molar-refractivity contribution is 5.84. The summed E-state index contributed by atoms with van der Waals surface area (Å²) < 4.78 is 0. The van der Waals surface area contributed by atoms with E-state index in [1.807, 2.05) is 0 Å². The summed E-state index contributed by atoms with van der Waals surface area (Å²) in [4.78, 5) is 24.5. The SMILES string of the molecule is NC1(C(=O)O)CCN(C(=O)Cc2ccc(O)cc2)C1. The van der Waals surface area contributed by atoms with Gasteiger partial charge >= 0.3 is 5.97 Å². The summed E-state index contributed by atoms with van der Waals surface area (Å²) in [5, 5.41) is 18.2. The fraction of sp³-hybridized carbons (Fsp3) is 0.385. The topological polar surface area (TPSA) is 104 Å². The average Bonchev–Trinajstić information content (AvgIpc) is 2.76. The first-order valence-corrected chi connectivity index (χ1v) is 5.99. The molecule has 1 unspecified atom stereocenters. The number of carboxylic acid groups (broad SMARTS) is 1. The lowest BCUT2D eigenvalue weighted by molar-refractivity contribution is -0.143. The van der Waals surface area contributed by atoms with Crippen LogP contribution in [0.4, 0.5) is 0 Å². The number of aliphatic carboxylic acids is 1. The predicted octanol–water partition coefficient (Wildman–Crippen LogP) is -0.0509. The molecular weight excluding hydrogens is 248 g/mol. The standard InChI is InChI=1S/C13H16N2O4/c14-13(12(18)19)5-6-15(8-13)11(17)7-9-1-3-10(16)4-2-9/h1-4,16H,5-8,14H2,(H,18,19). The van der Waals surface area contributed by atoms with Crippen molar-refractivity contribution in [2.45, 2.75) is 18.4 Å². The van der Waals surface area contributed by atoms with E-state index in [2.05, 4.69) is 0 Å². The van der Waals surface area contributed by atoms with Crippen molar-refractivity contribution >= 4 is 11.9 Å². The number of phenols is 1. The largest absolute Gasteiger partial charge is 0.508 e. The molecule has 1 fully saturated rings. The van der Waals surface area contributed by atoms with Gasteiger partial charge in [0.15, 0.2) is 0 Å². The zero-order chi connectivity index (χ0) is 14.0.